The van der Waals surface area contributed by atoms with Gasteiger partial charge in [-0.25, -0.2) is 0 Å². The van der Waals surface area contributed by atoms with E-state index in [0.717, 1.165) is 49.1 Å². The second kappa shape index (κ2) is 9.07. The highest BCUT2D eigenvalue weighted by Gasteiger charge is 2.39. The van der Waals surface area contributed by atoms with Crippen LogP contribution in [0, 0.1) is 6.92 Å². The molecular formula is C20H31NO3. The van der Waals surface area contributed by atoms with Crippen molar-refractivity contribution in [1.82, 2.24) is 0 Å². The highest BCUT2D eigenvalue weighted by atomic mass is 16.5. The number of aryl methyl sites for hydroxylation is 1. The molecule has 24 heavy (non-hydrogen) atoms. The summed E-state index contributed by atoms with van der Waals surface area (Å²) < 4.78 is 11.7. The minimum absolute atomic E-state index is 0.00660. The van der Waals surface area contributed by atoms with Gasteiger partial charge in [0, 0.05) is 12.3 Å². The van der Waals surface area contributed by atoms with E-state index in [1.54, 1.807) is 0 Å². The lowest BCUT2D eigenvalue weighted by Gasteiger charge is -2.31. The van der Waals surface area contributed by atoms with E-state index >= 15 is 0 Å². The topological polar surface area (TPSA) is 47.6 Å². The van der Waals surface area contributed by atoms with E-state index in [9.17, 15) is 4.79 Å². The zero-order chi connectivity index (χ0) is 17.4. The quantitative estimate of drug-likeness (QED) is 0.725. The molecule has 4 heteroatoms. The lowest BCUT2D eigenvalue weighted by atomic mass is 9.92. The monoisotopic (exact) mass is 333 g/mol. The summed E-state index contributed by atoms with van der Waals surface area (Å²) in [6.07, 6.45) is 7.07. The molecule has 1 fully saturated rings. The second-order valence-corrected chi connectivity index (χ2v) is 6.62. The fourth-order valence-electron chi connectivity index (χ4n) is 3.36. The zero-order valence-corrected chi connectivity index (χ0v) is 15.3. The van der Waals surface area contributed by atoms with Crippen LogP contribution in [-0.4, -0.2) is 24.7 Å². The van der Waals surface area contributed by atoms with Crippen molar-refractivity contribution >= 4 is 11.6 Å². The third-order valence-electron chi connectivity index (χ3n) is 4.64. The zero-order valence-electron chi connectivity index (χ0n) is 15.3. The Morgan fingerprint density at radius 2 is 1.88 bits per heavy atom. The number of amides is 1. The molecule has 0 saturated heterocycles. The van der Waals surface area contributed by atoms with E-state index in [2.05, 4.69) is 12.2 Å². The first-order chi connectivity index (χ1) is 11.6. The standard InChI is InChI=1S/C20H31NO3/c1-4-14-23-18-11-10-17(15-16(18)3)21-19(22)20(24-5-2)12-8-6-7-9-13-20/h10-11,15H,4-9,12-14H2,1-3H3,(H,21,22). The summed E-state index contributed by atoms with van der Waals surface area (Å²) in [6, 6.07) is 5.81. The molecule has 1 amide bonds. The first-order valence-corrected chi connectivity index (χ1v) is 9.30. The first-order valence-electron chi connectivity index (χ1n) is 9.30. The van der Waals surface area contributed by atoms with E-state index < -0.39 is 5.60 Å². The maximum absolute atomic E-state index is 12.9. The van der Waals surface area contributed by atoms with Gasteiger partial charge in [0.1, 0.15) is 11.4 Å². The van der Waals surface area contributed by atoms with Crippen LogP contribution in [0.1, 0.15) is 64.4 Å². The van der Waals surface area contributed by atoms with Gasteiger partial charge in [0.25, 0.3) is 5.91 Å². The summed E-state index contributed by atoms with van der Waals surface area (Å²) in [6.45, 7) is 7.33. The Balaban J connectivity index is 2.10. The van der Waals surface area contributed by atoms with E-state index in [-0.39, 0.29) is 5.91 Å². The number of carbonyl (C=O) groups excluding carboxylic acids is 1. The Morgan fingerprint density at radius 3 is 2.46 bits per heavy atom. The van der Waals surface area contributed by atoms with Crippen LogP contribution in [0.2, 0.25) is 0 Å². The van der Waals surface area contributed by atoms with E-state index in [1.807, 2.05) is 32.0 Å². The summed E-state index contributed by atoms with van der Waals surface area (Å²) in [7, 11) is 0. The molecule has 1 N–H and O–H groups in total. The number of nitrogens with one attached hydrogen (secondary N) is 1. The molecule has 1 aliphatic rings. The number of carbonyl (C=O) groups is 1. The Labute approximate surface area is 145 Å². The molecule has 0 heterocycles. The fourth-order valence-corrected chi connectivity index (χ4v) is 3.36. The van der Waals surface area contributed by atoms with E-state index in [1.165, 1.54) is 12.8 Å². The van der Waals surface area contributed by atoms with Crippen molar-refractivity contribution in [1.29, 1.82) is 0 Å². The smallest absolute Gasteiger partial charge is 0.256 e. The van der Waals surface area contributed by atoms with E-state index in [0.29, 0.717) is 13.2 Å². The molecule has 0 unspecified atom stereocenters. The van der Waals surface area contributed by atoms with Crippen LogP contribution < -0.4 is 10.1 Å². The molecule has 1 aromatic rings. The van der Waals surface area contributed by atoms with Crippen molar-refractivity contribution in [3.63, 3.8) is 0 Å². The van der Waals surface area contributed by atoms with Gasteiger partial charge >= 0.3 is 0 Å². The van der Waals surface area contributed by atoms with Gasteiger partial charge in [0.2, 0.25) is 0 Å². The highest BCUT2D eigenvalue weighted by molar-refractivity contribution is 5.97. The van der Waals surface area contributed by atoms with Gasteiger partial charge in [-0.3, -0.25) is 4.79 Å². The largest absolute Gasteiger partial charge is 0.493 e. The number of hydrogen-bond acceptors (Lipinski definition) is 3. The van der Waals surface area contributed by atoms with Crippen LogP contribution >= 0.6 is 0 Å². The average molecular weight is 333 g/mol. The fraction of sp³-hybridized carbons (Fsp3) is 0.650. The molecule has 0 aliphatic heterocycles. The third-order valence-corrected chi connectivity index (χ3v) is 4.64. The highest BCUT2D eigenvalue weighted by Crippen LogP contribution is 2.32. The Hall–Kier alpha value is -1.55. The van der Waals surface area contributed by atoms with Gasteiger partial charge in [-0.1, -0.05) is 32.6 Å². The number of benzene rings is 1. The van der Waals surface area contributed by atoms with Gasteiger partial charge in [0.05, 0.1) is 6.61 Å². The molecular weight excluding hydrogens is 302 g/mol. The third kappa shape index (κ3) is 4.73. The Morgan fingerprint density at radius 1 is 1.17 bits per heavy atom. The Bertz CT molecular complexity index is 534. The second-order valence-electron chi connectivity index (χ2n) is 6.62. The van der Waals surface area contributed by atoms with Crippen LogP contribution in [0.4, 0.5) is 5.69 Å². The van der Waals surface area contributed by atoms with Gasteiger partial charge in [0.15, 0.2) is 0 Å². The minimum Gasteiger partial charge on any atom is -0.493 e. The number of anilines is 1. The van der Waals surface area contributed by atoms with Crippen LogP contribution in [0.25, 0.3) is 0 Å². The van der Waals surface area contributed by atoms with Gasteiger partial charge in [-0.15, -0.1) is 0 Å². The average Bonchev–Trinajstić information content (AvgIpc) is 2.81. The molecule has 0 atom stereocenters. The van der Waals surface area contributed by atoms with Gasteiger partial charge < -0.3 is 14.8 Å². The summed E-state index contributed by atoms with van der Waals surface area (Å²) in [5, 5.41) is 3.07. The SMILES string of the molecule is CCCOc1ccc(NC(=O)C2(OCC)CCCCCC2)cc1C. The van der Waals surface area contributed by atoms with Crippen molar-refractivity contribution < 1.29 is 14.3 Å². The predicted molar refractivity (Wildman–Crippen MR) is 97.7 cm³/mol. The van der Waals surface area contributed by atoms with Crippen molar-refractivity contribution in [3.8, 4) is 5.75 Å². The summed E-state index contributed by atoms with van der Waals surface area (Å²) in [4.78, 5) is 12.9. The summed E-state index contributed by atoms with van der Waals surface area (Å²) >= 11 is 0. The van der Waals surface area contributed by atoms with Crippen molar-refractivity contribution in [3.05, 3.63) is 23.8 Å². The number of ether oxygens (including phenoxy) is 2. The van der Waals surface area contributed by atoms with E-state index in [4.69, 9.17) is 9.47 Å². The van der Waals surface area contributed by atoms with Crippen LogP contribution in [0.5, 0.6) is 5.75 Å². The maximum Gasteiger partial charge on any atom is 0.256 e. The molecule has 4 nitrogen and oxygen atoms in total. The molecule has 2 rings (SSSR count). The molecule has 1 aromatic carbocycles. The lowest BCUT2D eigenvalue weighted by Crippen LogP contribution is -2.45. The molecule has 0 bridgehead atoms. The molecule has 1 aliphatic carbocycles. The lowest BCUT2D eigenvalue weighted by molar-refractivity contribution is -0.143. The Kier molecular flexibility index (Phi) is 7.10. The number of rotatable bonds is 7. The first kappa shape index (κ1) is 18.8. The molecule has 134 valence electrons. The van der Waals surface area contributed by atoms with Crippen molar-refractivity contribution in [2.45, 2.75) is 71.3 Å². The minimum atomic E-state index is -0.670. The molecule has 0 spiro atoms. The van der Waals surface area contributed by atoms with Gasteiger partial charge in [-0.2, -0.15) is 0 Å². The van der Waals surface area contributed by atoms with Crippen LogP contribution in [0.3, 0.4) is 0 Å². The maximum atomic E-state index is 12.9. The normalized spacial score (nSPS) is 17.1. The number of hydrogen-bond donors (Lipinski definition) is 1. The molecule has 0 radical (unpaired) electrons. The van der Waals surface area contributed by atoms with Gasteiger partial charge in [-0.05, 0) is 56.9 Å². The van der Waals surface area contributed by atoms with Crippen molar-refractivity contribution in [2.75, 3.05) is 18.5 Å². The summed E-state index contributed by atoms with van der Waals surface area (Å²) in [5.74, 6) is 0.872. The molecule has 0 aromatic heterocycles. The summed E-state index contributed by atoms with van der Waals surface area (Å²) in [5.41, 5.74) is 1.17. The van der Waals surface area contributed by atoms with Crippen LogP contribution in [0.15, 0.2) is 18.2 Å². The molecule has 1 saturated carbocycles. The van der Waals surface area contributed by atoms with Crippen LogP contribution in [-0.2, 0) is 9.53 Å². The predicted octanol–water partition coefficient (Wildman–Crippen LogP) is 4.85. The van der Waals surface area contributed by atoms with Crippen molar-refractivity contribution in [2.24, 2.45) is 0 Å².